The average molecular weight is 328 g/mol. The maximum Gasteiger partial charge on any atom is 0.161 e. The van der Waals surface area contributed by atoms with Gasteiger partial charge in [0.15, 0.2) is 11.5 Å². The molecule has 0 saturated heterocycles. The fraction of sp³-hybridized carbons (Fsp3) is 0.636. The lowest BCUT2D eigenvalue weighted by molar-refractivity contribution is -0.0171. The highest BCUT2D eigenvalue weighted by Crippen LogP contribution is 2.61. The van der Waals surface area contributed by atoms with E-state index in [0.717, 1.165) is 23.5 Å². The molecule has 4 atom stereocenters. The summed E-state index contributed by atoms with van der Waals surface area (Å²) in [4.78, 5) is 0. The molecule has 3 rings (SSSR count). The van der Waals surface area contributed by atoms with Gasteiger partial charge in [0, 0.05) is 11.0 Å². The molecule has 2 aliphatic rings. The predicted molar refractivity (Wildman–Crippen MR) is 100 cm³/mol. The molecule has 4 unspecified atom stereocenters. The van der Waals surface area contributed by atoms with Gasteiger partial charge in [-0.05, 0) is 66.5 Å². The maximum atomic E-state index is 10.2. The van der Waals surface area contributed by atoms with Gasteiger partial charge < -0.3 is 10.2 Å². The first kappa shape index (κ1) is 17.4. The molecule has 132 valence electrons. The number of benzene rings is 1. The van der Waals surface area contributed by atoms with Crippen LogP contribution < -0.4 is 0 Å². The van der Waals surface area contributed by atoms with Crippen LogP contribution in [0.25, 0.3) is 6.08 Å². The lowest BCUT2D eigenvalue weighted by atomic mass is 9.46. The van der Waals surface area contributed by atoms with Gasteiger partial charge in [0.25, 0.3) is 0 Å². The van der Waals surface area contributed by atoms with Crippen molar-refractivity contribution >= 4 is 6.08 Å². The van der Waals surface area contributed by atoms with Crippen molar-refractivity contribution in [2.24, 2.45) is 23.2 Å². The Morgan fingerprint density at radius 3 is 2.50 bits per heavy atom. The van der Waals surface area contributed by atoms with Crippen molar-refractivity contribution in [1.82, 2.24) is 0 Å². The van der Waals surface area contributed by atoms with Crippen LogP contribution in [0.4, 0.5) is 0 Å². The molecule has 0 aliphatic heterocycles. The quantitative estimate of drug-likeness (QED) is 0.675. The Balaban J connectivity index is 2.19. The molecule has 0 spiro atoms. The fourth-order valence-corrected chi connectivity index (χ4v) is 5.89. The van der Waals surface area contributed by atoms with Gasteiger partial charge in [0.2, 0.25) is 0 Å². The van der Waals surface area contributed by atoms with E-state index in [-0.39, 0.29) is 22.3 Å². The van der Waals surface area contributed by atoms with E-state index in [1.54, 1.807) is 0 Å². The van der Waals surface area contributed by atoms with Crippen molar-refractivity contribution < 1.29 is 10.2 Å². The third kappa shape index (κ3) is 2.14. The van der Waals surface area contributed by atoms with Gasteiger partial charge in [-0.1, -0.05) is 46.8 Å². The number of fused-ring (bicyclic) bond motifs is 3. The Bertz CT molecular complexity index is 688. The smallest absolute Gasteiger partial charge is 0.161 e. The first-order chi connectivity index (χ1) is 11.2. The Morgan fingerprint density at radius 2 is 1.92 bits per heavy atom. The number of hydrogen-bond acceptors (Lipinski definition) is 2. The monoisotopic (exact) mass is 328 g/mol. The molecule has 0 aromatic heterocycles. The molecule has 24 heavy (non-hydrogen) atoms. The van der Waals surface area contributed by atoms with Crippen molar-refractivity contribution in [2.45, 2.75) is 66.2 Å². The van der Waals surface area contributed by atoms with Crippen LogP contribution in [0.1, 0.15) is 70.6 Å². The van der Waals surface area contributed by atoms with E-state index in [1.165, 1.54) is 18.4 Å². The third-order valence-electron chi connectivity index (χ3n) is 7.43. The second-order valence-corrected chi connectivity index (χ2v) is 8.83. The van der Waals surface area contributed by atoms with Crippen LogP contribution in [0.3, 0.4) is 0 Å². The highest BCUT2D eigenvalue weighted by atomic mass is 16.3. The van der Waals surface area contributed by atoms with Gasteiger partial charge in [0.1, 0.15) is 0 Å². The van der Waals surface area contributed by atoms with Gasteiger partial charge in [-0.2, -0.15) is 0 Å². The Labute approximate surface area is 146 Å². The van der Waals surface area contributed by atoms with Crippen molar-refractivity contribution in [3.05, 3.63) is 28.8 Å². The lowest BCUT2D eigenvalue weighted by Gasteiger charge is -2.58. The summed E-state index contributed by atoms with van der Waals surface area (Å²) in [6.45, 7) is 13.8. The largest absolute Gasteiger partial charge is 0.504 e. The predicted octanol–water partition coefficient (Wildman–Crippen LogP) is 5.79. The molecule has 0 bridgehead atoms. The van der Waals surface area contributed by atoms with Crippen LogP contribution in [-0.2, 0) is 5.41 Å². The number of allylic oxidation sites excluding steroid dienone is 1. The van der Waals surface area contributed by atoms with E-state index in [9.17, 15) is 10.2 Å². The summed E-state index contributed by atoms with van der Waals surface area (Å²) in [5, 5.41) is 20.3. The van der Waals surface area contributed by atoms with Crippen molar-refractivity contribution in [1.29, 1.82) is 0 Å². The van der Waals surface area contributed by atoms with Crippen molar-refractivity contribution in [3.63, 3.8) is 0 Å². The van der Waals surface area contributed by atoms with Gasteiger partial charge in [0.05, 0.1) is 0 Å². The topological polar surface area (TPSA) is 40.5 Å². The highest BCUT2D eigenvalue weighted by Gasteiger charge is 2.54. The minimum atomic E-state index is 0.0192. The SMILES string of the molecule is CCC1(C)C(C(C)C)CCC2(C)c3cc(O)c(O)c(C)c3C=CC21. The minimum Gasteiger partial charge on any atom is -0.504 e. The van der Waals surface area contributed by atoms with E-state index in [0.29, 0.717) is 11.8 Å². The molecule has 0 heterocycles. The summed E-state index contributed by atoms with van der Waals surface area (Å²) in [7, 11) is 0. The van der Waals surface area contributed by atoms with Crippen molar-refractivity contribution in [2.75, 3.05) is 0 Å². The van der Waals surface area contributed by atoms with Crippen LogP contribution >= 0.6 is 0 Å². The summed E-state index contributed by atoms with van der Waals surface area (Å²) in [6.07, 6.45) is 8.11. The maximum absolute atomic E-state index is 10.2. The van der Waals surface area contributed by atoms with Crippen LogP contribution in [0.2, 0.25) is 0 Å². The first-order valence-corrected chi connectivity index (χ1v) is 9.41. The molecular weight excluding hydrogens is 296 g/mol. The molecule has 0 amide bonds. The molecule has 2 N–H and O–H groups in total. The molecule has 2 heteroatoms. The van der Waals surface area contributed by atoms with E-state index in [1.807, 2.05) is 13.0 Å². The fourth-order valence-electron chi connectivity index (χ4n) is 5.89. The molecule has 1 fully saturated rings. The third-order valence-corrected chi connectivity index (χ3v) is 7.43. The summed E-state index contributed by atoms with van der Waals surface area (Å²) >= 11 is 0. The van der Waals surface area contributed by atoms with Gasteiger partial charge >= 0.3 is 0 Å². The number of phenolic OH excluding ortho intramolecular Hbond substituents is 2. The van der Waals surface area contributed by atoms with E-state index in [4.69, 9.17) is 0 Å². The standard InChI is InChI=1S/C22H32O2/c1-7-21(5)16(13(2)3)10-11-22(6)17-12-18(23)20(24)14(4)15(17)8-9-19(21)22/h8-9,12-13,16,19,23-24H,7,10-11H2,1-6H3. The normalized spacial score (nSPS) is 35.0. The number of hydrogen-bond donors (Lipinski definition) is 2. The summed E-state index contributed by atoms with van der Waals surface area (Å²) < 4.78 is 0. The van der Waals surface area contributed by atoms with Gasteiger partial charge in [-0.25, -0.2) is 0 Å². The zero-order valence-corrected chi connectivity index (χ0v) is 16.0. The van der Waals surface area contributed by atoms with E-state index in [2.05, 4.69) is 46.8 Å². The summed E-state index contributed by atoms with van der Waals surface area (Å²) in [5.74, 6) is 1.91. The Kier molecular flexibility index (Phi) is 4.01. The molecule has 2 nitrogen and oxygen atoms in total. The van der Waals surface area contributed by atoms with Crippen LogP contribution in [0.15, 0.2) is 12.1 Å². The molecule has 0 radical (unpaired) electrons. The highest BCUT2D eigenvalue weighted by molar-refractivity contribution is 5.69. The Morgan fingerprint density at radius 1 is 1.25 bits per heavy atom. The number of rotatable bonds is 2. The molecule has 2 aliphatic carbocycles. The lowest BCUT2D eigenvalue weighted by Crippen LogP contribution is -2.52. The summed E-state index contributed by atoms with van der Waals surface area (Å²) in [5.41, 5.74) is 3.40. The second-order valence-electron chi connectivity index (χ2n) is 8.83. The zero-order valence-electron chi connectivity index (χ0n) is 16.0. The van der Waals surface area contributed by atoms with Gasteiger partial charge in [-0.15, -0.1) is 0 Å². The first-order valence-electron chi connectivity index (χ1n) is 9.41. The van der Waals surface area contributed by atoms with Gasteiger partial charge in [-0.3, -0.25) is 0 Å². The molecule has 1 aromatic rings. The van der Waals surface area contributed by atoms with E-state index < -0.39 is 0 Å². The summed E-state index contributed by atoms with van der Waals surface area (Å²) in [6, 6.07) is 1.82. The van der Waals surface area contributed by atoms with Crippen molar-refractivity contribution in [3.8, 4) is 11.5 Å². The van der Waals surface area contributed by atoms with Crippen LogP contribution in [0, 0.1) is 30.1 Å². The molecule has 1 saturated carbocycles. The average Bonchev–Trinajstić information content (AvgIpc) is 2.53. The second kappa shape index (κ2) is 5.54. The molecule has 1 aromatic carbocycles. The molecular formula is C22H32O2. The van der Waals surface area contributed by atoms with Crippen LogP contribution in [-0.4, -0.2) is 10.2 Å². The number of phenols is 2. The number of aromatic hydroxyl groups is 2. The zero-order chi connectivity index (χ0) is 17.9. The Hall–Kier alpha value is -1.44. The van der Waals surface area contributed by atoms with E-state index >= 15 is 0 Å². The van der Waals surface area contributed by atoms with Crippen LogP contribution in [0.5, 0.6) is 11.5 Å². The minimum absolute atomic E-state index is 0.0192.